The Balaban J connectivity index is 1.54. The van der Waals surface area contributed by atoms with E-state index in [-0.39, 0.29) is 0 Å². The van der Waals surface area contributed by atoms with Crippen LogP contribution in [-0.4, -0.2) is 7.28 Å². The van der Waals surface area contributed by atoms with Crippen LogP contribution in [0, 0.1) is 0 Å². The van der Waals surface area contributed by atoms with Gasteiger partial charge in [-0.25, -0.2) is 0 Å². The fourth-order valence-electron chi connectivity index (χ4n) is 3.23. The number of nitrogen functional groups attached to an aromatic ring is 1. The van der Waals surface area contributed by atoms with Crippen LogP contribution in [0.4, 0.5) is 5.69 Å². The first-order valence-corrected chi connectivity index (χ1v) is 8.88. The highest BCUT2D eigenvalue weighted by molar-refractivity contribution is 6.68. The summed E-state index contributed by atoms with van der Waals surface area (Å²) >= 11 is 0. The molecule has 0 saturated heterocycles. The van der Waals surface area contributed by atoms with E-state index in [0.717, 1.165) is 24.0 Å². The number of anilines is 1. The molecule has 1 nitrogen and oxygen atoms in total. The van der Waals surface area contributed by atoms with Gasteiger partial charge in [0.15, 0.2) is 7.28 Å². The van der Waals surface area contributed by atoms with Crippen molar-refractivity contribution in [1.29, 1.82) is 0 Å². The van der Waals surface area contributed by atoms with Gasteiger partial charge in [-0.3, -0.25) is 0 Å². The molecule has 0 heterocycles. The number of nitrogens with two attached hydrogens (primary N) is 1. The molecule has 2 heteroatoms. The molecule has 0 bridgehead atoms. The van der Waals surface area contributed by atoms with Gasteiger partial charge < -0.3 is 5.73 Å². The highest BCUT2D eigenvalue weighted by Gasteiger charge is 2.06. The maximum absolute atomic E-state index is 6.33. The Morgan fingerprint density at radius 2 is 1.00 bits per heavy atom. The first-order chi connectivity index (χ1) is 12.8. The summed E-state index contributed by atoms with van der Waals surface area (Å²) in [5.41, 5.74) is 14.4. The molecule has 0 amide bonds. The van der Waals surface area contributed by atoms with Crippen LogP contribution in [0.5, 0.6) is 0 Å². The molecule has 0 radical (unpaired) electrons. The number of hydrogen-bond donors (Lipinski definition) is 1. The van der Waals surface area contributed by atoms with Gasteiger partial charge in [0.05, 0.1) is 0 Å². The molecule has 0 spiro atoms. The summed E-state index contributed by atoms with van der Waals surface area (Å²) in [5.74, 6) is 0. The topological polar surface area (TPSA) is 26.0 Å². The maximum Gasteiger partial charge on any atom is 0.194 e. The average molecular weight is 333 g/mol. The molecule has 0 saturated carbocycles. The number of benzene rings is 4. The van der Waals surface area contributed by atoms with Gasteiger partial charge in [0.2, 0.25) is 0 Å². The minimum atomic E-state index is 0.843. The van der Waals surface area contributed by atoms with Crippen molar-refractivity contribution in [2.24, 2.45) is 0 Å². The summed E-state index contributed by atoms with van der Waals surface area (Å²) in [6.45, 7) is 0. The van der Waals surface area contributed by atoms with E-state index in [1.54, 1.807) is 0 Å². The Hall–Kier alpha value is -3.26. The first kappa shape index (κ1) is 16.2. The zero-order valence-corrected chi connectivity index (χ0v) is 14.6. The minimum absolute atomic E-state index is 0.843. The van der Waals surface area contributed by atoms with E-state index >= 15 is 0 Å². The van der Waals surface area contributed by atoms with Crippen molar-refractivity contribution in [2.75, 3.05) is 5.73 Å². The molecule has 0 aliphatic rings. The smallest absolute Gasteiger partial charge is 0.194 e. The van der Waals surface area contributed by atoms with Crippen molar-refractivity contribution in [3.63, 3.8) is 0 Å². The Labute approximate surface area is 155 Å². The lowest BCUT2D eigenvalue weighted by Gasteiger charge is -2.09. The summed E-state index contributed by atoms with van der Waals surface area (Å²) in [6, 6.07) is 35.9. The van der Waals surface area contributed by atoms with E-state index in [0.29, 0.717) is 0 Å². The SMILES string of the molecule is Nc1cc(-c2ccccc2)ccc1Bc1ccc(-c2ccccc2)cc1. The molecule has 0 aliphatic heterocycles. The van der Waals surface area contributed by atoms with Crippen LogP contribution in [-0.2, 0) is 0 Å². The lowest BCUT2D eigenvalue weighted by Crippen LogP contribution is -2.29. The number of rotatable bonds is 4. The predicted octanol–water partition coefficient (Wildman–Crippen LogP) is 3.99. The zero-order valence-electron chi connectivity index (χ0n) is 14.6. The highest BCUT2D eigenvalue weighted by atomic mass is 14.5. The maximum atomic E-state index is 6.33. The van der Waals surface area contributed by atoms with Gasteiger partial charge in [-0.2, -0.15) is 0 Å². The molecular weight excluding hydrogens is 313 g/mol. The molecule has 4 aromatic carbocycles. The average Bonchev–Trinajstić information content (AvgIpc) is 2.71. The van der Waals surface area contributed by atoms with Crippen LogP contribution in [0.15, 0.2) is 103 Å². The number of hydrogen-bond acceptors (Lipinski definition) is 1. The second kappa shape index (κ2) is 7.32. The molecular formula is C24H20BN. The Kier molecular flexibility index (Phi) is 4.57. The molecule has 124 valence electrons. The van der Waals surface area contributed by atoms with E-state index in [4.69, 9.17) is 5.73 Å². The van der Waals surface area contributed by atoms with Crippen molar-refractivity contribution < 1.29 is 0 Å². The van der Waals surface area contributed by atoms with Gasteiger partial charge in [0.25, 0.3) is 0 Å². The van der Waals surface area contributed by atoms with Gasteiger partial charge in [-0.15, -0.1) is 0 Å². The van der Waals surface area contributed by atoms with E-state index in [9.17, 15) is 0 Å². The van der Waals surface area contributed by atoms with Crippen molar-refractivity contribution in [3.8, 4) is 22.3 Å². The summed E-state index contributed by atoms with van der Waals surface area (Å²) in [7, 11) is 0.843. The predicted molar refractivity (Wildman–Crippen MR) is 115 cm³/mol. The Morgan fingerprint density at radius 1 is 0.500 bits per heavy atom. The summed E-state index contributed by atoms with van der Waals surface area (Å²) in [4.78, 5) is 0. The van der Waals surface area contributed by atoms with Crippen LogP contribution >= 0.6 is 0 Å². The largest absolute Gasteiger partial charge is 0.399 e. The highest BCUT2D eigenvalue weighted by Crippen LogP contribution is 2.20. The third-order valence-electron chi connectivity index (χ3n) is 4.71. The van der Waals surface area contributed by atoms with Crippen LogP contribution in [0.25, 0.3) is 22.3 Å². The lowest BCUT2D eigenvalue weighted by molar-refractivity contribution is 1.63. The van der Waals surface area contributed by atoms with E-state index in [1.165, 1.54) is 22.2 Å². The van der Waals surface area contributed by atoms with Gasteiger partial charge in [0.1, 0.15) is 0 Å². The van der Waals surface area contributed by atoms with Crippen molar-refractivity contribution in [3.05, 3.63) is 103 Å². The lowest BCUT2D eigenvalue weighted by atomic mass is 9.63. The fourth-order valence-corrected chi connectivity index (χ4v) is 3.23. The fraction of sp³-hybridized carbons (Fsp3) is 0. The molecule has 0 unspecified atom stereocenters. The van der Waals surface area contributed by atoms with Crippen molar-refractivity contribution in [1.82, 2.24) is 0 Å². The molecule has 0 fully saturated rings. The van der Waals surface area contributed by atoms with Crippen LogP contribution in [0.2, 0.25) is 0 Å². The normalized spacial score (nSPS) is 10.5. The molecule has 4 aromatic rings. The zero-order chi connectivity index (χ0) is 17.8. The monoisotopic (exact) mass is 333 g/mol. The second-order valence-corrected chi connectivity index (χ2v) is 6.52. The van der Waals surface area contributed by atoms with Crippen LogP contribution in [0.3, 0.4) is 0 Å². The molecule has 26 heavy (non-hydrogen) atoms. The molecule has 0 aliphatic carbocycles. The van der Waals surface area contributed by atoms with Crippen LogP contribution < -0.4 is 16.7 Å². The summed E-state index contributed by atoms with van der Waals surface area (Å²) in [6.07, 6.45) is 0. The Morgan fingerprint density at radius 3 is 1.58 bits per heavy atom. The second-order valence-electron chi connectivity index (χ2n) is 6.52. The third-order valence-corrected chi connectivity index (χ3v) is 4.71. The van der Waals surface area contributed by atoms with Gasteiger partial charge in [0, 0.05) is 5.69 Å². The van der Waals surface area contributed by atoms with Gasteiger partial charge in [-0.05, 0) is 28.3 Å². The molecule has 0 aromatic heterocycles. The van der Waals surface area contributed by atoms with Gasteiger partial charge in [-0.1, -0.05) is 108 Å². The minimum Gasteiger partial charge on any atom is -0.399 e. The van der Waals surface area contributed by atoms with Crippen LogP contribution in [0.1, 0.15) is 0 Å². The van der Waals surface area contributed by atoms with E-state index in [1.807, 2.05) is 24.3 Å². The quantitative estimate of drug-likeness (QED) is 0.443. The van der Waals surface area contributed by atoms with Gasteiger partial charge >= 0.3 is 0 Å². The third kappa shape index (κ3) is 3.55. The first-order valence-electron chi connectivity index (χ1n) is 8.88. The standard InChI is InChI=1S/C24H20BN/c26-24-17-21(19-9-5-2-6-10-19)13-16-23(24)25-22-14-11-20(12-15-22)18-7-3-1-4-8-18/h1-17,25H,26H2. The van der Waals surface area contributed by atoms with Crippen molar-refractivity contribution in [2.45, 2.75) is 0 Å². The molecule has 2 N–H and O–H groups in total. The van der Waals surface area contributed by atoms with E-state index in [2.05, 4.69) is 78.9 Å². The Bertz CT molecular complexity index is 993. The summed E-state index contributed by atoms with van der Waals surface area (Å²) in [5, 5.41) is 0. The summed E-state index contributed by atoms with van der Waals surface area (Å²) < 4.78 is 0. The molecule has 4 rings (SSSR count). The van der Waals surface area contributed by atoms with Crippen molar-refractivity contribution >= 4 is 23.9 Å². The van der Waals surface area contributed by atoms with E-state index < -0.39 is 0 Å². The molecule has 0 atom stereocenters.